The van der Waals surface area contributed by atoms with Crippen LogP contribution in [0.25, 0.3) is 0 Å². The third-order valence-corrected chi connectivity index (χ3v) is 1.38. The highest BCUT2D eigenvalue weighted by Crippen LogP contribution is 2.03. The summed E-state index contributed by atoms with van der Waals surface area (Å²) in [4.78, 5) is 11.2. The summed E-state index contributed by atoms with van der Waals surface area (Å²) >= 11 is 0. The van der Waals surface area contributed by atoms with Gasteiger partial charge < -0.3 is 11.1 Å². The molecule has 0 atom stereocenters. The number of hydrogen-bond donors (Lipinski definition) is 2. The van der Waals surface area contributed by atoms with Crippen molar-refractivity contribution in [1.29, 1.82) is 0 Å². The highest BCUT2D eigenvalue weighted by atomic mass is 16.2. The van der Waals surface area contributed by atoms with Crippen LogP contribution >= 0.6 is 0 Å². The molecule has 0 saturated carbocycles. The molecule has 0 bridgehead atoms. The third-order valence-electron chi connectivity index (χ3n) is 1.38. The lowest BCUT2D eigenvalue weighted by Gasteiger charge is -2.01. The van der Waals surface area contributed by atoms with E-state index in [1.54, 1.807) is 13.0 Å². The van der Waals surface area contributed by atoms with Crippen molar-refractivity contribution in [2.45, 2.75) is 13.8 Å². The number of aromatic nitrogens is 2. The Bertz CT molecular complexity index is 292. The van der Waals surface area contributed by atoms with Gasteiger partial charge in [0, 0.05) is 12.6 Å². The molecule has 1 aromatic heterocycles. The van der Waals surface area contributed by atoms with Crippen LogP contribution in [-0.2, 0) is 0 Å². The van der Waals surface area contributed by atoms with E-state index in [4.69, 9.17) is 5.73 Å². The van der Waals surface area contributed by atoms with E-state index in [0.717, 1.165) is 10.4 Å². The number of amides is 1. The van der Waals surface area contributed by atoms with Crippen LogP contribution in [0.4, 0.5) is 10.6 Å². The number of carbonyl (C=O) groups excluding carboxylic acids is 1. The standard InChI is InChI=1S/C7H12N4O/c1-3-9-7(12)11-6(8)4-5(2)10-11/h4H,3,8H2,1-2H3,(H,9,12). The maximum absolute atomic E-state index is 11.2. The van der Waals surface area contributed by atoms with E-state index in [1.807, 2.05) is 6.92 Å². The monoisotopic (exact) mass is 168 g/mol. The minimum absolute atomic E-state index is 0.289. The predicted octanol–water partition coefficient (Wildman–Crippen LogP) is 0.351. The molecule has 12 heavy (non-hydrogen) atoms. The van der Waals surface area contributed by atoms with Gasteiger partial charge in [0.15, 0.2) is 0 Å². The summed E-state index contributed by atoms with van der Waals surface area (Å²) in [7, 11) is 0. The van der Waals surface area contributed by atoms with Crippen molar-refractivity contribution >= 4 is 11.8 Å². The summed E-state index contributed by atoms with van der Waals surface area (Å²) in [6.45, 7) is 4.19. The van der Waals surface area contributed by atoms with E-state index in [0.29, 0.717) is 12.4 Å². The van der Waals surface area contributed by atoms with Gasteiger partial charge in [-0.3, -0.25) is 0 Å². The zero-order valence-corrected chi connectivity index (χ0v) is 7.16. The maximum atomic E-state index is 11.2. The minimum atomic E-state index is -0.289. The van der Waals surface area contributed by atoms with E-state index in [1.165, 1.54) is 0 Å². The first-order valence-corrected chi connectivity index (χ1v) is 3.75. The number of nitrogens with two attached hydrogens (primary N) is 1. The van der Waals surface area contributed by atoms with Crippen LogP contribution in [0.5, 0.6) is 0 Å². The molecule has 0 aliphatic rings. The Hall–Kier alpha value is -1.52. The van der Waals surface area contributed by atoms with Crippen molar-refractivity contribution < 1.29 is 4.79 Å². The van der Waals surface area contributed by atoms with Crippen LogP contribution in [-0.4, -0.2) is 22.4 Å². The van der Waals surface area contributed by atoms with Crippen LogP contribution in [0.1, 0.15) is 12.6 Å². The Balaban J connectivity index is 2.87. The normalized spacial score (nSPS) is 9.83. The zero-order chi connectivity index (χ0) is 9.14. The molecular formula is C7H12N4O. The van der Waals surface area contributed by atoms with E-state index < -0.39 is 0 Å². The summed E-state index contributed by atoms with van der Waals surface area (Å²) in [6.07, 6.45) is 0. The molecule has 0 fully saturated rings. The van der Waals surface area contributed by atoms with Crippen molar-refractivity contribution in [1.82, 2.24) is 15.1 Å². The summed E-state index contributed by atoms with van der Waals surface area (Å²) in [5.41, 5.74) is 6.25. The predicted molar refractivity (Wildman–Crippen MR) is 45.8 cm³/mol. The summed E-state index contributed by atoms with van der Waals surface area (Å²) in [5, 5.41) is 6.51. The Morgan fingerprint density at radius 3 is 2.92 bits per heavy atom. The van der Waals surface area contributed by atoms with E-state index in [-0.39, 0.29) is 6.03 Å². The lowest BCUT2D eigenvalue weighted by atomic mass is 10.5. The van der Waals surface area contributed by atoms with E-state index in [2.05, 4.69) is 10.4 Å². The molecule has 0 spiro atoms. The quantitative estimate of drug-likeness (QED) is 0.635. The molecule has 1 amide bonds. The number of hydrogen-bond acceptors (Lipinski definition) is 3. The van der Waals surface area contributed by atoms with Crippen LogP contribution in [0, 0.1) is 6.92 Å². The Labute approximate surface area is 70.5 Å². The SMILES string of the molecule is CCNC(=O)n1nc(C)cc1N. The molecule has 0 unspecified atom stereocenters. The van der Waals surface area contributed by atoms with Gasteiger partial charge in [-0.15, -0.1) is 0 Å². The largest absolute Gasteiger partial charge is 0.383 e. The number of nitrogens with one attached hydrogen (secondary N) is 1. The number of carbonyl (C=O) groups is 1. The van der Waals surface area contributed by atoms with Gasteiger partial charge in [0.2, 0.25) is 0 Å². The lowest BCUT2D eigenvalue weighted by Crippen LogP contribution is -2.29. The molecule has 0 radical (unpaired) electrons. The Morgan fingerprint density at radius 2 is 2.50 bits per heavy atom. The number of aryl methyl sites for hydroxylation is 1. The molecule has 5 nitrogen and oxygen atoms in total. The molecule has 1 rings (SSSR count). The second kappa shape index (κ2) is 3.25. The number of nitrogen functional groups attached to an aromatic ring is 1. The average molecular weight is 168 g/mol. The smallest absolute Gasteiger partial charge is 0.343 e. The molecule has 0 saturated heterocycles. The molecule has 3 N–H and O–H groups in total. The van der Waals surface area contributed by atoms with Crippen molar-refractivity contribution in [2.24, 2.45) is 0 Å². The van der Waals surface area contributed by atoms with Gasteiger partial charge in [0.1, 0.15) is 5.82 Å². The number of nitrogens with zero attached hydrogens (tertiary/aromatic N) is 2. The highest BCUT2D eigenvalue weighted by molar-refractivity contribution is 5.78. The first-order valence-electron chi connectivity index (χ1n) is 3.75. The van der Waals surface area contributed by atoms with Crippen LogP contribution in [0.2, 0.25) is 0 Å². The summed E-state index contributed by atoms with van der Waals surface area (Å²) in [6, 6.07) is 1.36. The van der Waals surface area contributed by atoms with Gasteiger partial charge >= 0.3 is 6.03 Å². The van der Waals surface area contributed by atoms with Crippen molar-refractivity contribution in [2.75, 3.05) is 12.3 Å². The first kappa shape index (κ1) is 8.58. The van der Waals surface area contributed by atoms with Crippen LogP contribution in [0.15, 0.2) is 6.07 Å². The average Bonchev–Trinajstić information content (AvgIpc) is 2.30. The summed E-state index contributed by atoms with van der Waals surface area (Å²) in [5.74, 6) is 0.360. The molecule has 0 aliphatic carbocycles. The molecule has 66 valence electrons. The molecular weight excluding hydrogens is 156 g/mol. The minimum Gasteiger partial charge on any atom is -0.383 e. The van der Waals surface area contributed by atoms with Gasteiger partial charge in [0.05, 0.1) is 5.69 Å². The van der Waals surface area contributed by atoms with E-state index in [9.17, 15) is 4.79 Å². The Kier molecular flexibility index (Phi) is 2.32. The van der Waals surface area contributed by atoms with Crippen molar-refractivity contribution in [3.63, 3.8) is 0 Å². The summed E-state index contributed by atoms with van der Waals surface area (Å²) < 4.78 is 1.15. The van der Waals surface area contributed by atoms with Gasteiger partial charge in [-0.1, -0.05) is 0 Å². The first-order chi connectivity index (χ1) is 5.65. The van der Waals surface area contributed by atoms with Crippen LogP contribution in [0.3, 0.4) is 0 Å². The number of anilines is 1. The molecule has 0 aliphatic heterocycles. The van der Waals surface area contributed by atoms with Crippen molar-refractivity contribution in [3.8, 4) is 0 Å². The molecule has 5 heteroatoms. The van der Waals surface area contributed by atoms with Crippen molar-refractivity contribution in [3.05, 3.63) is 11.8 Å². The molecule has 1 heterocycles. The second-order valence-corrected chi connectivity index (χ2v) is 2.46. The fourth-order valence-corrected chi connectivity index (χ4v) is 0.908. The topological polar surface area (TPSA) is 72.9 Å². The van der Waals surface area contributed by atoms with Crippen LogP contribution < -0.4 is 11.1 Å². The highest BCUT2D eigenvalue weighted by Gasteiger charge is 2.08. The fraction of sp³-hybridized carbons (Fsp3) is 0.429. The third kappa shape index (κ3) is 1.55. The number of rotatable bonds is 1. The Morgan fingerprint density at radius 1 is 1.83 bits per heavy atom. The van der Waals surface area contributed by atoms with Gasteiger partial charge in [0.25, 0.3) is 0 Å². The van der Waals surface area contributed by atoms with Gasteiger partial charge in [-0.05, 0) is 13.8 Å². The molecule has 1 aromatic rings. The second-order valence-electron chi connectivity index (χ2n) is 2.46. The van der Waals surface area contributed by atoms with Gasteiger partial charge in [-0.25, -0.2) is 4.79 Å². The fourth-order valence-electron chi connectivity index (χ4n) is 0.908. The van der Waals surface area contributed by atoms with E-state index >= 15 is 0 Å². The zero-order valence-electron chi connectivity index (χ0n) is 7.16. The maximum Gasteiger partial charge on any atom is 0.343 e. The van der Waals surface area contributed by atoms with Gasteiger partial charge in [-0.2, -0.15) is 9.78 Å². The lowest BCUT2D eigenvalue weighted by molar-refractivity contribution is 0.240. The molecule has 0 aromatic carbocycles.